The van der Waals surface area contributed by atoms with Gasteiger partial charge in [0.15, 0.2) is 11.7 Å². The quantitative estimate of drug-likeness (QED) is 0.709. The number of nitrogens with one attached hydrogen (secondary N) is 1. The van der Waals surface area contributed by atoms with E-state index in [9.17, 15) is 9.59 Å². The van der Waals surface area contributed by atoms with Crippen molar-refractivity contribution >= 4 is 23.5 Å². The van der Waals surface area contributed by atoms with E-state index in [1.54, 1.807) is 18.3 Å². The van der Waals surface area contributed by atoms with E-state index in [4.69, 9.17) is 21.1 Å². The van der Waals surface area contributed by atoms with E-state index < -0.39 is 11.9 Å². The van der Waals surface area contributed by atoms with Gasteiger partial charge in [0.2, 0.25) is 5.91 Å². The number of aliphatic carboxylic acids is 1. The molecular formula is C18H21ClN2O4. The molecule has 1 atom stereocenters. The Balaban J connectivity index is 1.82. The van der Waals surface area contributed by atoms with Gasteiger partial charge in [-0.05, 0) is 30.7 Å². The number of hydrogen-bond acceptors (Lipinski definition) is 4. The lowest BCUT2D eigenvalue weighted by atomic mass is 10.0. The highest BCUT2D eigenvalue weighted by molar-refractivity contribution is 6.30. The van der Waals surface area contributed by atoms with Crippen LogP contribution in [-0.4, -0.2) is 28.5 Å². The summed E-state index contributed by atoms with van der Waals surface area (Å²) in [4.78, 5) is 27.1. The average Bonchev–Trinajstić information content (AvgIpc) is 3.06. The molecule has 2 rings (SSSR count). The maximum atomic E-state index is 11.9. The van der Waals surface area contributed by atoms with Gasteiger partial charge in [0, 0.05) is 30.0 Å². The van der Waals surface area contributed by atoms with Crippen molar-refractivity contribution in [1.82, 2.24) is 10.3 Å². The minimum atomic E-state index is -0.887. The molecule has 0 fully saturated rings. The van der Waals surface area contributed by atoms with Crippen molar-refractivity contribution in [2.75, 3.05) is 6.54 Å². The van der Waals surface area contributed by atoms with Gasteiger partial charge in [0.25, 0.3) is 0 Å². The van der Waals surface area contributed by atoms with Crippen LogP contribution < -0.4 is 5.32 Å². The Morgan fingerprint density at radius 3 is 2.68 bits per heavy atom. The van der Waals surface area contributed by atoms with Crippen LogP contribution in [0.4, 0.5) is 0 Å². The lowest BCUT2D eigenvalue weighted by Gasteiger charge is -2.11. The number of carboxylic acid groups (broad SMARTS) is 1. The maximum absolute atomic E-state index is 11.9. The number of hydrogen-bond donors (Lipinski definition) is 2. The molecule has 1 aromatic carbocycles. The first-order chi connectivity index (χ1) is 12.0. The zero-order valence-corrected chi connectivity index (χ0v) is 14.8. The van der Waals surface area contributed by atoms with Crippen molar-refractivity contribution in [1.29, 1.82) is 0 Å². The molecule has 1 heterocycles. The van der Waals surface area contributed by atoms with Crippen LogP contribution in [0.2, 0.25) is 5.02 Å². The summed E-state index contributed by atoms with van der Waals surface area (Å²) in [6, 6.07) is 7.20. The molecule has 6 nitrogen and oxygen atoms in total. The topological polar surface area (TPSA) is 92.4 Å². The number of amides is 1. The number of aromatic nitrogens is 1. The Kier molecular flexibility index (Phi) is 7.01. The number of aryl methyl sites for hydroxylation is 1. The van der Waals surface area contributed by atoms with Crippen molar-refractivity contribution in [2.45, 2.75) is 32.6 Å². The molecule has 2 N–H and O–H groups in total. The zero-order chi connectivity index (χ0) is 18.2. The molecular weight excluding hydrogens is 344 g/mol. The summed E-state index contributed by atoms with van der Waals surface area (Å²) in [6.45, 7) is 2.06. The summed E-state index contributed by atoms with van der Waals surface area (Å²) in [7, 11) is 0. The van der Waals surface area contributed by atoms with Crippen LogP contribution in [-0.2, 0) is 16.0 Å². The van der Waals surface area contributed by atoms with Gasteiger partial charge in [-0.15, -0.1) is 0 Å². The summed E-state index contributed by atoms with van der Waals surface area (Å²) in [6.07, 6.45) is 3.46. The fourth-order valence-electron chi connectivity index (χ4n) is 2.38. The third-order valence-electron chi connectivity index (χ3n) is 3.78. The normalized spacial score (nSPS) is 11.9. The van der Waals surface area contributed by atoms with Crippen molar-refractivity contribution in [2.24, 2.45) is 5.92 Å². The number of benzene rings is 1. The molecule has 0 aliphatic heterocycles. The van der Waals surface area contributed by atoms with Crippen LogP contribution in [0.5, 0.6) is 0 Å². The molecule has 0 aliphatic rings. The number of carbonyl (C=O) groups excluding carboxylic acids is 1. The molecule has 2 aromatic rings. The Labute approximate surface area is 151 Å². The van der Waals surface area contributed by atoms with E-state index in [0.29, 0.717) is 29.5 Å². The molecule has 1 amide bonds. The third-order valence-corrected chi connectivity index (χ3v) is 4.03. The highest BCUT2D eigenvalue weighted by Gasteiger charge is 2.17. The van der Waals surface area contributed by atoms with Crippen LogP contribution in [0.25, 0.3) is 11.3 Å². The molecule has 0 saturated carbocycles. The van der Waals surface area contributed by atoms with Crippen LogP contribution in [0.1, 0.15) is 32.1 Å². The lowest BCUT2D eigenvalue weighted by molar-refractivity contribution is -0.141. The van der Waals surface area contributed by atoms with Gasteiger partial charge in [-0.1, -0.05) is 24.9 Å². The molecule has 0 aliphatic carbocycles. The number of nitrogens with zero attached hydrogens (tertiary/aromatic N) is 1. The van der Waals surface area contributed by atoms with Gasteiger partial charge in [-0.3, -0.25) is 9.59 Å². The van der Waals surface area contributed by atoms with Gasteiger partial charge in [0.05, 0.1) is 12.1 Å². The fraction of sp³-hybridized carbons (Fsp3) is 0.389. The number of rotatable bonds is 9. The lowest BCUT2D eigenvalue weighted by Crippen LogP contribution is -2.33. The second-order valence-electron chi connectivity index (χ2n) is 5.75. The molecule has 0 saturated heterocycles. The van der Waals surface area contributed by atoms with Crippen molar-refractivity contribution in [3.8, 4) is 11.3 Å². The Morgan fingerprint density at radius 2 is 2.04 bits per heavy atom. The van der Waals surface area contributed by atoms with Crippen molar-refractivity contribution in [3.05, 3.63) is 41.4 Å². The van der Waals surface area contributed by atoms with E-state index in [1.165, 1.54) is 0 Å². The summed E-state index contributed by atoms with van der Waals surface area (Å²) in [5.41, 5.74) is 0.858. The molecule has 7 heteroatoms. The molecule has 25 heavy (non-hydrogen) atoms. The summed E-state index contributed by atoms with van der Waals surface area (Å²) in [5.74, 6) is -0.576. The molecule has 0 spiro atoms. The molecule has 1 unspecified atom stereocenters. The first-order valence-electron chi connectivity index (χ1n) is 8.19. The molecule has 0 radical (unpaired) electrons. The summed E-state index contributed by atoms with van der Waals surface area (Å²) < 4.78 is 5.63. The standard InChI is InChI=1S/C18H21ClN2O4/c1-2-3-13(18(23)24)10-20-16(22)8-9-17-21-11-15(25-17)12-4-6-14(19)7-5-12/h4-7,11,13H,2-3,8-10H2,1H3,(H,20,22)(H,23,24). The van der Waals surface area contributed by atoms with Gasteiger partial charge >= 0.3 is 5.97 Å². The maximum Gasteiger partial charge on any atom is 0.308 e. The first-order valence-corrected chi connectivity index (χ1v) is 8.57. The SMILES string of the molecule is CCCC(CNC(=O)CCc1ncc(-c2ccc(Cl)cc2)o1)C(=O)O. The summed E-state index contributed by atoms with van der Waals surface area (Å²) in [5, 5.41) is 12.4. The van der Waals surface area contributed by atoms with Gasteiger partial charge in [0.1, 0.15) is 0 Å². The Hall–Kier alpha value is -2.34. The third kappa shape index (κ3) is 5.90. The predicted octanol–water partition coefficient (Wildman–Crippen LogP) is 3.54. The van der Waals surface area contributed by atoms with E-state index in [2.05, 4.69) is 10.3 Å². The van der Waals surface area contributed by atoms with Crippen LogP contribution in [0, 0.1) is 5.92 Å². The van der Waals surface area contributed by atoms with Crippen LogP contribution in [0.15, 0.2) is 34.9 Å². The predicted molar refractivity (Wildman–Crippen MR) is 94.3 cm³/mol. The van der Waals surface area contributed by atoms with E-state index in [-0.39, 0.29) is 18.9 Å². The number of halogens is 1. The largest absolute Gasteiger partial charge is 0.481 e. The Morgan fingerprint density at radius 1 is 1.32 bits per heavy atom. The van der Waals surface area contributed by atoms with Gasteiger partial charge < -0.3 is 14.8 Å². The van der Waals surface area contributed by atoms with Gasteiger partial charge in [-0.25, -0.2) is 4.98 Å². The second-order valence-corrected chi connectivity index (χ2v) is 6.19. The monoisotopic (exact) mass is 364 g/mol. The van der Waals surface area contributed by atoms with E-state index in [0.717, 1.165) is 12.0 Å². The average molecular weight is 365 g/mol. The highest BCUT2D eigenvalue weighted by Crippen LogP contribution is 2.22. The number of oxazole rings is 1. The minimum Gasteiger partial charge on any atom is -0.481 e. The zero-order valence-electron chi connectivity index (χ0n) is 14.0. The number of carbonyl (C=O) groups is 2. The van der Waals surface area contributed by atoms with E-state index >= 15 is 0 Å². The van der Waals surface area contributed by atoms with Crippen LogP contribution in [0.3, 0.4) is 0 Å². The molecule has 1 aromatic heterocycles. The second kappa shape index (κ2) is 9.22. The smallest absolute Gasteiger partial charge is 0.308 e. The molecule has 134 valence electrons. The van der Waals surface area contributed by atoms with Crippen LogP contribution >= 0.6 is 11.6 Å². The Bertz CT molecular complexity index is 712. The van der Waals surface area contributed by atoms with E-state index in [1.807, 2.05) is 19.1 Å². The first kappa shape index (κ1) is 19.0. The minimum absolute atomic E-state index is 0.142. The summed E-state index contributed by atoms with van der Waals surface area (Å²) >= 11 is 5.85. The molecule has 0 bridgehead atoms. The van der Waals surface area contributed by atoms with Crippen molar-refractivity contribution < 1.29 is 19.1 Å². The fourth-order valence-corrected chi connectivity index (χ4v) is 2.51. The van der Waals surface area contributed by atoms with Gasteiger partial charge in [-0.2, -0.15) is 0 Å². The highest BCUT2D eigenvalue weighted by atomic mass is 35.5. The number of carboxylic acids is 1. The van der Waals surface area contributed by atoms with Crippen molar-refractivity contribution in [3.63, 3.8) is 0 Å².